The van der Waals surface area contributed by atoms with Gasteiger partial charge in [-0.3, -0.25) is 0 Å². The standard InChI is InChI=1S/C13H16BrNO3/c1-13(2)10(6-11(13)16)15-9-4-3-7(12(17)18)5-8(9)14/h3-5,10-11,15-16H,6H2,1-2H3,(H,17,18). The number of carbonyl (C=O) groups is 1. The zero-order valence-corrected chi connectivity index (χ0v) is 11.9. The highest BCUT2D eigenvalue weighted by molar-refractivity contribution is 9.10. The van der Waals surface area contributed by atoms with E-state index in [1.807, 2.05) is 13.8 Å². The number of aliphatic hydroxyl groups excluding tert-OH is 1. The Labute approximate surface area is 114 Å². The number of anilines is 1. The molecule has 5 heteroatoms. The summed E-state index contributed by atoms with van der Waals surface area (Å²) in [7, 11) is 0. The van der Waals surface area contributed by atoms with Gasteiger partial charge in [-0.25, -0.2) is 4.79 Å². The minimum absolute atomic E-state index is 0.162. The van der Waals surface area contributed by atoms with Crippen molar-refractivity contribution in [3.05, 3.63) is 28.2 Å². The van der Waals surface area contributed by atoms with Gasteiger partial charge in [-0.15, -0.1) is 0 Å². The Morgan fingerprint density at radius 2 is 2.17 bits per heavy atom. The highest BCUT2D eigenvalue weighted by Crippen LogP contribution is 2.43. The van der Waals surface area contributed by atoms with Crippen LogP contribution in [0.25, 0.3) is 0 Å². The third-order valence-electron chi connectivity index (χ3n) is 3.76. The first-order valence-corrected chi connectivity index (χ1v) is 6.59. The lowest BCUT2D eigenvalue weighted by atomic mass is 9.64. The van der Waals surface area contributed by atoms with Crippen LogP contribution in [0.3, 0.4) is 0 Å². The number of aliphatic hydroxyl groups is 1. The molecule has 1 aliphatic rings. The third kappa shape index (κ3) is 2.24. The first-order chi connectivity index (χ1) is 8.32. The van der Waals surface area contributed by atoms with Crippen molar-refractivity contribution in [2.45, 2.75) is 32.4 Å². The molecule has 0 bridgehead atoms. The van der Waals surface area contributed by atoms with E-state index in [-0.39, 0.29) is 23.1 Å². The van der Waals surface area contributed by atoms with Gasteiger partial charge in [0, 0.05) is 21.6 Å². The number of hydrogen-bond donors (Lipinski definition) is 3. The number of carboxylic acids is 1. The monoisotopic (exact) mass is 313 g/mol. The zero-order valence-electron chi connectivity index (χ0n) is 10.3. The Morgan fingerprint density at radius 1 is 1.50 bits per heavy atom. The number of aromatic carboxylic acids is 1. The predicted octanol–water partition coefficient (Wildman–Crippen LogP) is 2.72. The van der Waals surface area contributed by atoms with Crippen LogP contribution in [0.4, 0.5) is 5.69 Å². The smallest absolute Gasteiger partial charge is 0.335 e. The fourth-order valence-corrected chi connectivity index (χ4v) is 2.59. The lowest BCUT2D eigenvalue weighted by Gasteiger charge is -2.50. The van der Waals surface area contributed by atoms with E-state index in [2.05, 4.69) is 21.2 Å². The van der Waals surface area contributed by atoms with Gasteiger partial charge in [0.05, 0.1) is 11.7 Å². The van der Waals surface area contributed by atoms with Gasteiger partial charge in [0.15, 0.2) is 0 Å². The molecule has 1 saturated carbocycles. The van der Waals surface area contributed by atoms with Crippen LogP contribution < -0.4 is 5.32 Å². The summed E-state index contributed by atoms with van der Waals surface area (Å²) in [6.45, 7) is 4.02. The highest BCUT2D eigenvalue weighted by atomic mass is 79.9. The van der Waals surface area contributed by atoms with E-state index in [1.54, 1.807) is 18.2 Å². The van der Waals surface area contributed by atoms with Gasteiger partial charge < -0.3 is 15.5 Å². The quantitative estimate of drug-likeness (QED) is 0.802. The fraction of sp³-hybridized carbons (Fsp3) is 0.462. The van der Waals surface area contributed by atoms with Crippen molar-refractivity contribution < 1.29 is 15.0 Å². The number of hydrogen-bond acceptors (Lipinski definition) is 3. The first-order valence-electron chi connectivity index (χ1n) is 5.80. The van der Waals surface area contributed by atoms with Gasteiger partial charge in [0.1, 0.15) is 0 Å². The molecule has 0 aliphatic heterocycles. The van der Waals surface area contributed by atoms with Crippen LogP contribution in [-0.2, 0) is 0 Å². The normalized spacial score (nSPS) is 25.3. The summed E-state index contributed by atoms with van der Waals surface area (Å²) in [6.07, 6.45) is 0.423. The average Bonchev–Trinajstić information content (AvgIpc) is 2.30. The minimum Gasteiger partial charge on any atom is -0.478 e. The molecule has 1 fully saturated rings. The van der Waals surface area contributed by atoms with Crippen molar-refractivity contribution in [1.29, 1.82) is 0 Å². The molecule has 1 aliphatic carbocycles. The van der Waals surface area contributed by atoms with Crippen molar-refractivity contribution in [2.24, 2.45) is 5.41 Å². The Hall–Kier alpha value is -1.07. The molecule has 0 heterocycles. The van der Waals surface area contributed by atoms with E-state index in [9.17, 15) is 9.90 Å². The second-order valence-electron chi connectivity index (χ2n) is 5.27. The highest BCUT2D eigenvalue weighted by Gasteiger charge is 2.47. The van der Waals surface area contributed by atoms with Crippen LogP contribution in [0.2, 0.25) is 0 Å². The van der Waals surface area contributed by atoms with Gasteiger partial charge in [-0.1, -0.05) is 13.8 Å². The maximum atomic E-state index is 10.8. The summed E-state index contributed by atoms with van der Waals surface area (Å²) in [5.74, 6) is -0.943. The predicted molar refractivity (Wildman–Crippen MR) is 72.9 cm³/mol. The Morgan fingerprint density at radius 3 is 2.61 bits per heavy atom. The van der Waals surface area contributed by atoms with Crippen molar-refractivity contribution in [3.8, 4) is 0 Å². The zero-order chi connectivity index (χ0) is 13.5. The van der Waals surface area contributed by atoms with E-state index < -0.39 is 5.97 Å². The van der Waals surface area contributed by atoms with E-state index >= 15 is 0 Å². The maximum absolute atomic E-state index is 10.8. The number of halogens is 1. The summed E-state index contributed by atoms with van der Waals surface area (Å²) in [5, 5.41) is 21.9. The first kappa shape index (κ1) is 13.4. The lowest BCUT2D eigenvalue weighted by Crippen LogP contribution is -2.56. The summed E-state index contributed by atoms with van der Waals surface area (Å²) in [4.78, 5) is 10.8. The summed E-state index contributed by atoms with van der Waals surface area (Å²) >= 11 is 3.36. The Bertz CT molecular complexity index is 487. The molecule has 98 valence electrons. The van der Waals surface area contributed by atoms with Gasteiger partial charge in [-0.2, -0.15) is 0 Å². The van der Waals surface area contributed by atoms with E-state index in [4.69, 9.17) is 5.11 Å². The SMILES string of the molecule is CC1(C)C(O)CC1Nc1ccc(C(=O)O)cc1Br. The molecular formula is C13H16BrNO3. The molecule has 0 amide bonds. The van der Waals surface area contributed by atoms with Crippen molar-refractivity contribution >= 4 is 27.6 Å². The number of rotatable bonds is 3. The molecule has 4 nitrogen and oxygen atoms in total. The Balaban J connectivity index is 2.14. The lowest BCUT2D eigenvalue weighted by molar-refractivity contribution is -0.0510. The van der Waals surface area contributed by atoms with Crippen LogP contribution in [0, 0.1) is 5.41 Å². The van der Waals surface area contributed by atoms with E-state index in [0.29, 0.717) is 6.42 Å². The molecule has 0 radical (unpaired) electrons. The largest absolute Gasteiger partial charge is 0.478 e. The molecule has 0 aromatic heterocycles. The maximum Gasteiger partial charge on any atom is 0.335 e. The topological polar surface area (TPSA) is 69.6 Å². The van der Waals surface area contributed by atoms with Crippen LogP contribution in [0.1, 0.15) is 30.6 Å². The number of benzene rings is 1. The van der Waals surface area contributed by atoms with Crippen molar-refractivity contribution in [3.63, 3.8) is 0 Å². The van der Waals surface area contributed by atoms with Crippen LogP contribution in [-0.4, -0.2) is 28.3 Å². The molecule has 3 N–H and O–H groups in total. The minimum atomic E-state index is -0.943. The Kier molecular flexibility index (Phi) is 3.38. The molecule has 0 spiro atoms. The summed E-state index contributed by atoms with van der Waals surface area (Å²) < 4.78 is 0.722. The molecular weight excluding hydrogens is 298 g/mol. The van der Waals surface area contributed by atoms with Gasteiger partial charge in [0.2, 0.25) is 0 Å². The van der Waals surface area contributed by atoms with Crippen LogP contribution >= 0.6 is 15.9 Å². The molecule has 18 heavy (non-hydrogen) atoms. The van der Waals surface area contributed by atoms with E-state index in [0.717, 1.165) is 10.2 Å². The molecule has 2 unspecified atom stereocenters. The molecule has 1 aromatic rings. The number of carboxylic acid groups (broad SMARTS) is 1. The molecule has 1 aromatic carbocycles. The second-order valence-corrected chi connectivity index (χ2v) is 6.12. The molecule has 2 atom stereocenters. The van der Waals surface area contributed by atoms with Gasteiger partial charge in [0.25, 0.3) is 0 Å². The average molecular weight is 314 g/mol. The van der Waals surface area contributed by atoms with Gasteiger partial charge >= 0.3 is 5.97 Å². The summed E-state index contributed by atoms with van der Waals surface area (Å²) in [5.41, 5.74) is 0.940. The van der Waals surface area contributed by atoms with Crippen LogP contribution in [0.15, 0.2) is 22.7 Å². The fourth-order valence-electron chi connectivity index (χ4n) is 2.10. The second kappa shape index (κ2) is 4.55. The van der Waals surface area contributed by atoms with Gasteiger partial charge in [-0.05, 0) is 40.5 Å². The van der Waals surface area contributed by atoms with Crippen LogP contribution in [0.5, 0.6) is 0 Å². The van der Waals surface area contributed by atoms with Crippen molar-refractivity contribution in [2.75, 3.05) is 5.32 Å². The molecule has 0 saturated heterocycles. The summed E-state index contributed by atoms with van der Waals surface area (Å²) in [6, 6.07) is 5.08. The van der Waals surface area contributed by atoms with Crippen molar-refractivity contribution in [1.82, 2.24) is 0 Å². The molecule has 2 rings (SSSR count). The van der Waals surface area contributed by atoms with E-state index in [1.165, 1.54) is 0 Å². The number of nitrogens with one attached hydrogen (secondary N) is 1. The third-order valence-corrected chi connectivity index (χ3v) is 4.42.